The van der Waals surface area contributed by atoms with Gasteiger partial charge in [0.2, 0.25) is 0 Å². The lowest BCUT2D eigenvalue weighted by molar-refractivity contribution is -0.316. The summed E-state index contributed by atoms with van der Waals surface area (Å²) in [6.07, 6.45) is 2.38. The van der Waals surface area contributed by atoms with E-state index in [1.165, 1.54) is 0 Å². The topological polar surface area (TPSA) is 68.1 Å². The summed E-state index contributed by atoms with van der Waals surface area (Å²) in [5.74, 6) is -1.04. The molecule has 0 radical (unpaired) electrons. The zero-order valence-corrected chi connectivity index (χ0v) is 8.25. The summed E-state index contributed by atoms with van der Waals surface area (Å²) < 4.78 is 9.84. The van der Waals surface area contributed by atoms with Crippen molar-refractivity contribution in [3.8, 4) is 0 Å². The summed E-state index contributed by atoms with van der Waals surface area (Å²) >= 11 is 1.58. The molecule has 0 bridgehead atoms. The van der Waals surface area contributed by atoms with Crippen molar-refractivity contribution in [1.82, 2.24) is 0 Å². The predicted octanol–water partition coefficient (Wildman–Crippen LogP) is 0.567. The van der Waals surface area contributed by atoms with Crippen molar-refractivity contribution >= 4 is 11.8 Å². The van der Waals surface area contributed by atoms with Gasteiger partial charge in [0.25, 0.3) is 0 Å². The molecule has 1 aliphatic rings. The van der Waals surface area contributed by atoms with Crippen LogP contribution in [-0.4, -0.2) is 42.3 Å². The number of hydrogen-bond donors (Lipinski definition) is 1. The van der Waals surface area contributed by atoms with Crippen LogP contribution in [0.1, 0.15) is 6.42 Å². The lowest BCUT2D eigenvalue weighted by Gasteiger charge is -2.24. The Balaban J connectivity index is 2.48. The highest BCUT2D eigenvalue weighted by molar-refractivity contribution is 7.98. The fourth-order valence-electron chi connectivity index (χ4n) is 1.14. The van der Waals surface area contributed by atoms with Crippen molar-refractivity contribution in [2.75, 3.05) is 25.2 Å². The number of thioether (sulfide) groups is 1. The molecule has 0 aliphatic carbocycles. The summed E-state index contributed by atoms with van der Waals surface area (Å²) in [4.78, 5) is 10.4. The Morgan fingerprint density at radius 3 is 2.69 bits per heavy atom. The van der Waals surface area contributed by atoms with E-state index < -0.39 is 12.0 Å². The minimum Gasteiger partial charge on any atom is -0.342 e. The fourth-order valence-corrected chi connectivity index (χ4v) is 1.60. The Bertz CT molecular complexity index is 172. The van der Waals surface area contributed by atoms with Crippen LogP contribution in [0.25, 0.3) is 0 Å². The van der Waals surface area contributed by atoms with Crippen LogP contribution in [-0.2, 0) is 9.47 Å². The van der Waals surface area contributed by atoms with Crippen LogP contribution >= 0.6 is 11.8 Å². The molecule has 5 nitrogen and oxygen atoms in total. The molecule has 1 fully saturated rings. The molecule has 1 rings (SSSR count). The first-order valence-corrected chi connectivity index (χ1v) is 5.44. The Kier molecular flexibility index (Phi) is 4.11. The summed E-state index contributed by atoms with van der Waals surface area (Å²) in [6, 6.07) is -0.831. The molecule has 0 aromatic carbocycles. The van der Waals surface area contributed by atoms with Crippen LogP contribution < -0.4 is 0 Å². The second kappa shape index (κ2) is 4.90. The van der Waals surface area contributed by atoms with Crippen molar-refractivity contribution in [2.45, 2.75) is 18.4 Å². The van der Waals surface area contributed by atoms with Crippen molar-refractivity contribution in [2.24, 2.45) is 5.18 Å². The Morgan fingerprint density at radius 2 is 2.23 bits per heavy atom. The van der Waals surface area contributed by atoms with E-state index in [-0.39, 0.29) is 0 Å². The van der Waals surface area contributed by atoms with Crippen LogP contribution in [0.15, 0.2) is 5.18 Å². The minimum atomic E-state index is -1.78. The first-order valence-electron chi connectivity index (χ1n) is 4.04. The highest BCUT2D eigenvalue weighted by Crippen LogP contribution is 2.25. The second-order valence-corrected chi connectivity index (χ2v) is 3.72. The van der Waals surface area contributed by atoms with Crippen LogP contribution in [0.5, 0.6) is 0 Å². The van der Waals surface area contributed by atoms with Gasteiger partial charge in [-0.1, -0.05) is 5.18 Å². The maximum Gasteiger partial charge on any atom is 0.308 e. The standard InChI is InChI=1S/C7H13NO4S/c1-13-5-2-6(8-10)7(9)11-3-4-12-7/h6,9H,2-5H2,1H3/t6-/m0/s1. The highest BCUT2D eigenvalue weighted by atomic mass is 32.2. The largest absolute Gasteiger partial charge is 0.342 e. The van der Waals surface area contributed by atoms with E-state index >= 15 is 0 Å². The van der Waals surface area contributed by atoms with E-state index in [1.807, 2.05) is 6.26 Å². The molecule has 0 amide bonds. The Labute approximate surface area is 80.8 Å². The monoisotopic (exact) mass is 207 g/mol. The van der Waals surface area contributed by atoms with E-state index in [9.17, 15) is 10.0 Å². The lowest BCUT2D eigenvalue weighted by atomic mass is 10.2. The predicted molar refractivity (Wildman–Crippen MR) is 49.4 cm³/mol. The molecule has 1 heterocycles. The van der Waals surface area contributed by atoms with Crippen LogP contribution in [0, 0.1) is 4.91 Å². The Morgan fingerprint density at radius 1 is 1.62 bits per heavy atom. The Hall–Kier alpha value is -0.170. The van der Waals surface area contributed by atoms with Gasteiger partial charge in [-0.3, -0.25) is 0 Å². The minimum absolute atomic E-state index is 0.307. The van der Waals surface area contributed by atoms with Gasteiger partial charge in [-0.25, -0.2) is 0 Å². The molecule has 13 heavy (non-hydrogen) atoms. The maximum atomic E-state index is 10.4. The summed E-state index contributed by atoms with van der Waals surface area (Å²) in [7, 11) is 0. The smallest absolute Gasteiger partial charge is 0.308 e. The molecule has 1 aliphatic heterocycles. The lowest BCUT2D eigenvalue weighted by Crippen LogP contribution is -2.42. The molecule has 76 valence electrons. The summed E-state index contributed by atoms with van der Waals surface area (Å²) in [5.41, 5.74) is 0. The average Bonchev–Trinajstić information content (AvgIpc) is 2.54. The first kappa shape index (κ1) is 10.9. The van der Waals surface area contributed by atoms with Gasteiger partial charge in [0.15, 0.2) is 6.04 Å². The van der Waals surface area contributed by atoms with Crippen LogP contribution in [0.4, 0.5) is 0 Å². The van der Waals surface area contributed by atoms with Crippen molar-refractivity contribution in [1.29, 1.82) is 0 Å². The molecule has 1 atom stereocenters. The average molecular weight is 207 g/mol. The van der Waals surface area contributed by atoms with Gasteiger partial charge in [0, 0.05) is 0 Å². The van der Waals surface area contributed by atoms with Crippen molar-refractivity contribution in [3.05, 3.63) is 4.91 Å². The molecule has 0 aromatic rings. The van der Waals surface area contributed by atoms with E-state index in [0.29, 0.717) is 19.6 Å². The number of aliphatic hydroxyl groups is 1. The van der Waals surface area contributed by atoms with Gasteiger partial charge in [0.05, 0.1) is 13.2 Å². The molecular weight excluding hydrogens is 194 g/mol. The molecule has 1 saturated heterocycles. The molecule has 0 saturated carbocycles. The van der Waals surface area contributed by atoms with Crippen molar-refractivity contribution < 1.29 is 14.6 Å². The molecule has 0 aromatic heterocycles. The molecule has 0 spiro atoms. The maximum absolute atomic E-state index is 10.4. The van der Waals surface area contributed by atoms with Crippen LogP contribution in [0.3, 0.4) is 0 Å². The van der Waals surface area contributed by atoms with Gasteiger partial charge in [-0.15, -0.1) is 0 Å². The van der Waals surface area contributed by atoms with E-state index in [4.69, 9.17) is 9.47 Å². The number of nitroso groups, excluding NO2 is 1. The highest BCUT2D eigenvalue weighted by Gasteiger charge is 2.43. The molecule has 1 N–H and O–H groups in total. The third-order valence-electron chi connectivity index (χ3n) is 1.84. The fraction of sp³-hybridized carbons (Fsp3) is 1.00. The third kappa shape index (κ3) is 2.63. The molecule has 6 heteroatoms. The van der Waals surface area contributed by atoms with Gasteiger partial charge in [-0.05, 0) is 18.4 Å². The van der Waals surface area contributed by atoms with Gasteiger partial charge in [0.1, 0.15) is 0 Å². The number of hydrogen-bond acceptors (Lipinski definition) is 6. The van der Waals surface area contributed by atoms with E-state index in [2.05, 4.69) is 5.18 Å². The number of ether oxygens (including phenoxy) is 2. The zero-order chi connectivity index (χ0) is 9.73. The van der Waals surface area contributed by atoms with Crippen LogP contribution in [0.2, 0.25) is 0 Å². The number of nitrogens with zero attached hydrogens (tertiary/aromatic N) is 1. The van der Waals surface area contributed by atoms with Gasteiger partial charge in [-0.2, -0.15) is 16.7 Å². The summed E-state index contributed by atoms with van der Waals surface area (Å²) in [6.45, 7) is 0.615. The molecular formula is C7H13NO4S. The zero-order valence-electron chi connectivity index (χ0n) is 7.43. The summed E-state index contributed by atoms with van der Waals surface area (Å²) in [5, 5.41) is 12.4. The van der Waals surface area contributed by atoms with E-state index in [1.54, 1.807) is 11.8 Å². The SMILES string of the molecule is CSCC[C@H](N=O)C1(O)OCCO1. The third-order valence-corrected chi connectivity index (χ3v) is 2.49. The quantitative estimate of drug-likeness (QED) is 0.667. The normalized spacial score (nSPS) is 22.9. The van der Waals surface area contributed by atoms with E-state index in [0.717, 1.165) is 5.75 Å². The number of rotatable bonds is 5. The van der Waals surface area contributed by atoms with Crippen molar-refractivity contribution in [3.63, 3.8) is 0 Å². The van der Waals surface area contributed by atoms with Gasteiger partial charge >= 0.3 is 5.97 Å². The molecule has 0 unspecified atom stereocenters. The first-order chi connectivity index (χ1) is 6.23. The second-order valence-electron chi connectivity index (χ2n) is 2.73. The van der Waals surface area contributed by atoms with Gasteiger partial charge < -0.3 is 14.6 Å².